The lowest BCUT2D eigenvalue weighted by atomic mass is 9.87. The minimum Gasteiger partial charge on any atom is -0.444 e. The number of ether oxygens (including phenoxy) is 1. The molecule has 0 aliphatic carbocycles. The van der Waals surface area contributed by atoms with Gasteiger partial charge in [0.1, 0.15) is 5.60 Å². The number of hydrogen-bond donors (Lipinski definition) is 1. The summed E-state index contributed by atoms with van der Waals surface area (Å²) in [5, 5.41) is 10.2. The van der Waals surface area contributed by atoms with E-state index in [1.807, 2.05) is 27.7 Å². The summed E-state index contributed by atoms with van der Waals surface area (Å²) in [6.45, 7) is 7.40. The highest BCUT2D eigenvalue weighted by atomic mass is 16.6. The number of nitrogens with zero attached hydrogens (tertiary/aromatic N) is 1. The van der Waals surface area contributed by atoms with Crippen LogP contribution < -0.4 is 0 Å². The molecule has 92 valence electrons. The second-order valence-corrected chi connectivity index (χ2v) is 6.20. The van der Waals surface area contributed by atoms with Gasteiger partial charge in [-0.05, 0) is 47.0 Å². The molecule has 2 aliphatic rings. The molecule has 1 N–H and O–H groups in total. The number of carbonyl (C=O) groups excluding carboxylic acids is 1. The van der Waals surface area contributed by atoms with Crippen LogP contribution in [0.5, 0.6) is 0 Å². The monoisotopic (exact) mass is 227 g/mol. The number of aliphatic hydroxyl groups is 1. The van der Waals surface area contributed by atoms with Crippen LogP contribution in [0.3, 0.4) is 0 Å². The van der Waals surface area contributed by atoms with Crippen LogP contribution in [0.4, 0.5) is 4.79 Å². The zero-order valence-corrected chi connectivity index (χ0v) is 10.5. The Morgan fingerprint density at radius 1 is 1.44 bits per heavy atom. The molecule has 0 aromatic carbocycles. The maximum Gasteiger partial charge on any atom is 0.410 e. The van der Waals surface area contributed by atoms with Crippen molar-refractivity contribution in [3.63, 3.8) is 0 Å². The van der Waals surface area contributed by atoms with Crippen LogP contribution in [-0.4, -0.2) is 39.4 Å². The van der Waals surface area contributed by atoms with E-state index in [9.17, 15) is 9.90 Å². The van der Waals surface area contributed by atoms with Gasteiger partial charge >= 0.3 is 6.09 Å². The lowest BCUT2D eigenvalue weighted by molar-refractivity contribution is -0.00265. The number of hydrogen-bond acceptors (Lipinski definition) is 3. The zero-order chi connectivity index (χ0) is 12.1. The molecule has 2 rings (SSSR count). The van der Waals surface area contributed by atoms with Crippen molar-refractivity contribution in [2.24, 2.45) is 0 Å². The van der Waals surface area contributed by atoms with Crippen molar-refractivity contribution in [1.82, 2.24) is 4.90 Å². The molecule has 0 aromatic rings. The summed E-state index contributed by atoms with van der Waals surface area (Å²) in [7, 11) is 0. The topological polar surface area (TPSA) is 49.8 Å². The molecule has 2 aliphatic heterocycles. The van der Waals surface area contributed by atoms with Crippen molar-refractivity contribution < 1.29 is 14.6 Å². The fraction of sp³-hybridized carbons (Fsp3) is 0.917. The van der Waals surface area contributed by atoms with Crippen molar-refractivity contribution in [3.05, 3.63) is 0 Å². The van der Waals surface area contributed by atoms with E-state index >= 15 is 0 Å². The third-order valence-electron chi connectivity index (χ3n) is 3.47. The SMILES string of the molecule is CC(C)(C)OC(=O)N1[C@H]2CC[C@@H]1[C@](C)(O)C2. The minimum absolute atomic E-state index is 0.0626. The van der Waals surface area contributed by atoms with Crippen LogP contribution in [0.1, 0.15) is 47.0 Å². The molecule has 0 aromatic heterocycles. The predicted molar refractivity (Wildman–Crippen MR) is 60.1 cm³/mol. The lowest BCUT2D eigenvalue weighted by Gasteiger charge is -2.30. The molecule has 0 spiro atoms. The average Bonchev–Trinajstić information content (AvgIpc) is 2.52. The van der Waals surface area contributed by atoms with Gasteiger partial charge in [-0.3, -0.25) is 4.90 Å². The first-order chi connectivity index (χ1) is 7.21. The largest absolute Gasteiger partial charge is 0.444 e. The third kappa shape index (κ3) is 1.90. The highest BCUT2D eigenvalue weighted by Gasteiger charge is 2.55. The van der Waals surface area contributed by atoms with E-state index in [1.54, 1.807) is 4.90 Å². The van der Waals surface area contributed by atoms with Gasteiger partial charge in [-0.1, -0.05) is 0 Å². The van der Waals surface area contributed by atoms with Gasteiger partial charge in [-0.2, -0.15) is 0 Å². The Balaban J connectivity index is 2.10. The fourth-order valence-electron chi connectivity index (χ4n) is 2.90. The molecular weight excluding hydrogens is 206 g/mol. The summed E-state index contributed by atoms with van der Waals surface area (Å²) < 4.78 is 5.37. The number of amides is 1. The summed E-state index contributed by atoms with van der Waals surface area (Å²) in [6, 6.07) is 0.0993. The van der Waals surface area contributed by atoms with Gasteiger partial charge < -0.3 is 9.84 Å². The molecular formula is C12H21NO3. The zero-order valence-electron chi connectivity index (χ0n) is 10.5. The maximum absolute atomic E-state index is 12.0. The Hall–Kier alpha value is -0.770. The first kappa shape index (κ1) is 11.7. The smallest absolute Gasteiger partial charge is 0.410 e. The molecule has 0 saturated carbocycles. The molecule has 16 heavy (non-hydrogen) atoms. The van der Waals surface area contributed by atoms with Gasteiger partial charge in [0.25, 0.3) is 0 Å². The van der Waals surface area contributed by atoms with Crippen LogP contribution in [0.2, 0.25) is 0 Å². The summed E-state index contributed by atoms with van der Waals surface area (Å²) in [5.74, 6) is 0. The Kier molecular flexibility index (Phi) is 2.46. The summed E-state index contributed by atoms with van der Waals surface area (Å²) in [5.41, 5.74) is -1.20. The third-order valence-corrected chi connectivity index (χ3v) is 3.47. The summed E-state index contributed by atoms with van der Waals surface area (Å²) in [4.78, 5) is 13.7. The molecule has 2 bridgehead atoms. The van der Waals surface area contributed by atoms with Crippen LogP contribution in [0.25, 0.3) is 0 Å². The molecule has 3 atom stereocenters. The quantitative estimate of drug-likeness (QED) is 0.687. The van der Waals surface area contributed by atoms with Gasteiger partial charge in [0.15, 0.2) is 0 Å². The first-order valence-electron chi connectivity index (χ1n) is 5.94. The molecule has 4 heteroatoms. The standard InChI is InChI=1S/C12H21NO3/c1-11(2,3)16-10(14)13-8-5-6-9(13)12(4,15)7-8/h8-9,15H,5-7H2,1-4H3/t8-,9+,12+/m0/s1. The van der Waals surface area contributed by atoms with Crippen LogP contribution >= 0.6 is 0 Å². The van der Waals surface area contributed by atoms with Gasteiger partial charge in [0.05, 0.1) is 11.6 Å². The Morgan fingerprint density at radius 2 is 2.06 bits per heavy atom. The highest BCUT2D eigenvalue weighted by Crippen LogP contribution is 2.44. The average molecular weight is 227 g/mol. The Morgan fingerprint density at radius 3 is 2.44 bits per heavy atom. The molecule has 1 amide bonds. The van der Waals surface area contributed by atoms with E-state index in [0.29, 0.717) is 6.42 Å². The summed E-state index contributed by atoms with van der Waals surface area (Å²) in [6.07, 6.45) is 2.27. The van der Waals surface area contributed by atoms with Crippen molar-refractivity contribution in [2.45, 2.75) is 70.2 Å². The van der Waals surface area contributed by atoms with E-state index in [4.69, 9.17) is 4.74 Å². The van der Waals surface area contributed by atoms with Crippen LogP contribution in [-0.2, 0) is 4.74 Å². The van der Waals surface area contributed by atoms with Crippen LogP contribution in [0, 0.1) is 0 Å². The lowest BCUT2D eigenvalue weighted by Crippen LogP contribution is -2.44. The predicted octanol–water partition coefficient (Wildman–Crippen LogP) is 1.91. The number of rotatable bonds is 0. The first-order valence-corrected chi connectivity index (χ1v) is 5.94. The van der Waals surface area contributed by atoms with Gasteiger partial charge in [-0.25, -0.2) is 4.79 Å². The van der Waals surface area contributed by atoms with E-state index < -0.39 is 11.2 Å². The van der Waals surface area contributed by atoms with Crippen molar-refractivity contribution in [3.8, 4) is 0 Å². The molecule has 2 fully saturated rings. The normalized spacial score (nSPS) is 37.9. The maximum atomic E-state index is 12.0. The van der Waals surface area contributed by atoms with Crippen molar-refractivity contribution in [2.75, 3.05) is 0 Å². The number of fused-ring (bicyclic) bond motifs is 2. The van der Waals surface area contributed by atoms with Gasteiger partial charge in [0.2, 0.25) is 0 Å². The molecule has 0 radical (unpaired) electrons. The van der Waals surface area contributed by atoms with Gasteiger partial charge in [-0.15, -0.1) is 0 Å². The molecule has 0 unspecified atom stereocenters. The Bertz CT molecular complexity index is 306. The Labute approximate surface area is 96.6 Å². The highest BCUT2D eigenvalue weighted by molar-refractivity contribution is 5.70. The van der Waals surface area contributed by atoms with E-state index in [-0.39, 0.29) is 18.2 Å². The minimum atomic E-state index is -0.736. The van der Waals surface area contributed by atoms with Crippen molar-refractivity contribution in [1.29, 1.82) is 0 Å². The summed E-state index contributed by atoms with van der Waals surface area (Å²) >= 11 is 0. The second-order valence-electron chi connectivity index (χ2n) is 6.20. The molecule has 4 nitrogen and oxygen atoms in total. The van der Waals surface area contributed by atoms with E-state index in [0.717, 1.165) is 12.8 Å². The van der Waals surface area contributed by atoms with E-state index in [1.165, 1.54) is 0 Å². The number of carbonyl (C=O) groups is 1. The second kappa shape index (κ2) is 3.36. The molecule has 2 saturated heterocycles. The van der Waals surface area contributed by atoms with Crippen molar-refractivity contribution >= 4 is 6.09 Å². The van der Waals surface area contributed by atoms with Gasteiger partial charge in [0, 0.05) is 6.04 Å². The van der Waals surface area contributed by atoms with E-state index in [2.05, 4.69) is 0 Å². The van der Waals surface area contributed by atoms with Crippen LogP contribution in [0.15, 0.2) is 0 Å². The molecule has 2 heterocycles. The fourth-order valence-corrected chi connectivity index (χ4v) is 2.90.